The highest BCUT2D eigenvalue weighted by molar-refractivity contribution is 7.07. The average molecular weight is 287 g/mol. The first-order chi connectivity index (χ1) is 9.81. The number of benzene rings is 1. The quantitative estimate of drug-likeness (QED) is 0.903. The number of aromatic nitrogens is 1. The molecule has 1 N–H and O–H groups in total. The van der Waals surface area contributed by atoms with Gasteiger partial charge in [0.1, 0.15) is 0 Å². The Morgan fingerprint density at radius 1 is 1.25 bits per heavy atom. The van der Waals surface area contributed by atoms with E-state index in [2.05, 4.69) is 51.8 Å². The van der Waals surface area contributed by atoms with Gasteiger partial charge in [-0.3, -0.25) is 4.90 Å². The smallest absolute Gasteiger partial charge is 0.0795 e. The van der Waals surface area contributed by atoms with Crippen molar-refractivity contribution in [3.63, 3.8) is 0 Å². The van der Waals surface area contributed by atoms with Crippen LogP contribution in [0.1, 0.15) is 37.1 Å². The van der Waals surface area contributed by atoms with Crippen molar-refractivity contribution in [3.8, 4) is 0 Å². The van der Waals surface area contributed by atoms with E-state index in [0.717, 1.165) is 17.9 Å². The molecule has 0 saturated carbocycles. The minimum atomic E-state index is 0.255. The molecule has 1 saturated heterocycles. The highest BCUT2D eigenvalue weighted by atomic mass is 32.1. The van der Waals surface area contributed by atoms with Crippen molar-refractivity contribution >= 4 is 17.0 Å². The summed E-state index contributed by atoms with van der Waals surface area (Å²) in [6, 6.07) is 9.07. The van der Waals surface area contributed by atoms with Gasteiger partial charge in [-0.05, 0) is 50.6 Å². The van der Waals surface area contributed by atoms with Crippen LogP contribution in [0.5, 0.6) is 0 Å². The second-order valence-corrected chi connectivity index (χ2v) is 6.18. The molecule has 1 aliphatic rings. The molecule has 1 aliphatic heterocycles. The number of hydrogen-bond acceptors (Lipinski definition) is 4. The van der Waals surface area contributed by atoms with Gasteiger partial charge < -0.3 is 5.32 Å². The fraction of sp³-hybridized carbons (Fsp3) is 0.438. The molecule has 20 heavy (non-hydrogen) atoms. The van der Waals surface area contributed by atoms with Gasteiger partial charge in [-0.25, -0.2) is 4.98 Å². The highest BCUT2D eigenvalue weighted by Gasteiger charge is 2.12. The third kappa shape index (κ3) is 3.38. The van der Waals surface area contributed by atoms with Gasteiger partial charge in [0, 0.05) is 17.6 Å². The molecule has 3 nitrogen and oxygen atoms in total. The van der Waals surface area contributed by atoms with Crippen molar-refractivity contribution in [2.75, 3.05) is 18.4 Å². The van der Waals surface area contributed by atoms with E-state index < -0.39 is 0 Å². The molecule has 2 heterocycles. The summed E-state index contributed by atoms with van der Waals surface area (Å²) in [7, 11) is 0. The number of thiazole rings is 1. The van der Waals surface area contributed by atoms with E-state index >= 15 is 0 Å². The monoisotopic (exact) mass is 287 g/mol. The maximum absolute atomic E-state index is 4.35. The zero-order chi connectivity index (χ0) is 13.8. The van der Waals surface area contributed by atoms with E-state index in [0.29, 0.717) is 0 Å². The van der Waals surface area contributed by atoms with Crippen molar-refractivity contribution < 1.29 is 0 Å². The lowest BCUT2D eigenvalue weighted by Crippen LogP contribution is -2.18. The minimum absolute atomic E-state index is 0.255. The third-order valence-electron chi connectivity index (χ3n) is 3.84. The zero-order valence-electron chi connectivity index (χ0n) is 11.9. The predicted molar refractivity (Wildman–Crippen MR) is 85.1 cm³/mol. The van der Waals surface area contributed by atoms with Gasteiger partial charge in [-0.2, -0.15) is 0 Å². The van der Waals surface area contributed by atoms with Gasteiger partial charge in [0.05, 0.1) is 17.2 Å². The maximum atomic E-state index is 4.35. The second-order valence-electron chi connectivity index (χ2n) is 5.46. The molecule has 0 amide bonds. The number of hydrogen-bond donors (Lipinski definition) is 1. The number of nitrogens with zero attached hydrogens (tertiary/aromatic N) is 2. The first-order valence-electron chi connectivity index (χ1n) is 7.27. The number of rotatable bonds is 5. The lowest BCUT2D eigenvalue weighted by molar-refractivity contribution is 0.331. The van der Waals surface area contributed by atoms with E-state index in [9.17, 15) is 0 Å². The standard InChI is InChI=1S/C16H21N3S/c1-13(16-11-20-12-17-16)18-15-6-4-14(5-7-15)10-19-8-2-3-9-19/h4-7,11-13,18H,2-3,8-10H2,1H3. The first-order valence-corrected chi connectivity index (χ1v) is 8.21. The summed E-state index contributed by atoms with van der Waals surface area (Å²) >= 11 is 1.64. The van der Waals surface area contributed by atoms with Crippen molar-refractivity contribution in [2.45, 2.75) is 32.4 Å². The van der Waals surface area contributed by atoms with Crippen LogP contribution in [0.25, 0.3) is 0 Å². The molecule has 1 unspecified atom stereocenters. The molecule has 4 heteroatoms. The van der Waals surface area contributed by atoms with Gasteiger partial charge in [0.25, 0.3) is 0 Å². The van der Waals surface area contributed by atoms with E-state index in [4.69, 9.17) is 0 Å². The lowest BCUT2D eigenvalue weighted by atomic mass is 10.1. The summed E-state index contributed by atoms with van der Waals surface area (Å²) in [5.74, 6) is 0. The summed E-state index contributed by atoms with van der Waals surface area (Å²) in [5, 5.41) is 5.59. The molecule has 0 bridgehead atoms. The Bertz CT molecular complexity index is 515. The molecule has 1 fully saturated rings. The van der Waals surface area contributed by atoms with Crippen molar-refractivity contribution in [1.82, 2.24) is 9.88 Å². The molecule has 1 aromatic heterocycles. The normalized spacial score (nSPS) is 17.2. The first kappa shape index (κ1) is 13.6. The van der Waals surface area contributed by atoms with Crippen LogP contribution in [-0.2, 0) is 6.54 Å². The minimum Gasteiger partial charge on any atom is -0.377 e. The largest absolute Gasteiger partial charge is 0.377 e. The Hall–Kier alpha value is -1.39. The molecule has 0 aliphatic carbocycles. The van der Waals surface area contributed by atoms with Crippen LogP contribution in [-0.4, -0.2) is 23.0 Å². The summed E-state index contributed by atoms with van der Waals surface area (Å²) < 4.78 is 0. The van der Waals surface area contributed by atoms with Crippen LogP contribution in [0.4, 0.5) is 5.69 Å². The Morgan fingerprint density at radius 2 is 2.00 bits per heavy atom. The van der Waals surface area contributed by atoms with Crippen LogP contribution in [0.15, 0.2) is 35.2 Å². The molecule has 1 atom stereocenters. The summed E-state index contributed by atoms with van der Waals surface area (Å²) in [6.45, 7) is 5.73. The predicted octanol–water partition coefficient (Wildman–Crippen LogP) is 3.91. The summed E-state index contributed by atoms with van der Waals surface area (Å²) in [4.78, 5) is 6.88. The highest BCUT2D eigenvalue weighted by Crippen LogP contribution is 2.20. The number of likely N-dealkylation sites (tertiary alicyclic amines) is 1. The number of anilines is 1. The van der Waals surface area contributed by atoms with Crippen LogP contribution in [0.3, 0.4) is 0 Å². The molecular formula is C16H21N3S. The van der Waals surface area contributed by atoms with Crippen LogP contribution in [0, 0.1) is 0 Å². The van der Waals surface area contributed by atoms with Gasteiger partial charge in [0.15, 0.2) is 0 Å². The lowest BCUT2D eigenvalue weighted by Gasteiger charge is -2.16. The summed E-state index contributed by atoms with van der Waals surface area (Å²) in [5.41, 5.74) is 5.55. The fourth-order valence-electron chi connectivity index (χ4n) is 2.66. The van der Waals surface area contributed by atoms with Gasteiger partial charge in [-0.15, -0.1) is 11.3 Å². The average Bonchev–Trinajstić information content (AvgIpc) is 3.13. The fourth-order valence-corrected chi connectivity index (χ4v) is 3.31. The third-order valence-corrected chi connectivity index (χ3v) is 4.44. The van der Waals surface area contributed by atoms with Crippen molar-refractivity contribution in [3.05, 3.63) is 46.4 Å². The Morgan fingerprint density at radius 3 is 2.65 bits per heavy atom. The van der Waals surface area contributed by atoms with Gasteiger partial charge in [-0.1, -0.05) is 12.1 Å². The van der Waals surface area contributed by atoms with E-state index in [-0.39, 0.29) is 6.04 Å². The number of nitrogens with one attached hydrogen (secondary N) is 1. The topological polar surface area (TPSA) is 28.2 Å². The van der Waals surface area contributed by atoms with E-state index in [1.165, 1.54) is 31.5 Å². The van der Waals surface area contributed by atoms with Crippen LogP contribution in [0.2, 0.25) is 0 Å². The Labute approximate surface area is 124 Å². The van der Waals surface area contributed by atoms with Crippen LogP contribution < -0.4 is 5.32 Å². The molecule has 3 rings (SSSR count). The molecule has 106 valence electrons. The van der Waals surface area contributed by atoms with Gasteiger partial charge in [0.2, 0.25) is 0 Å². The molecule has 1 aromatic carbocycles. The second kappa shape index (κ2) is 6.37. The summed E-state index contributed by atoms with van der Waals surface area (Å²) in [6.07, 6.45) is 2.70. The van der Waals surface area contributed by atoms with Crippen molar-refractivity contribution in [2.24, 2.45) is 0 Å². The Kier molecular flexibility index (Phi) is 4.33. The SMILES string of the molecule is CC(Nc1ccc(CN2CCCC2)cc1)c1cscn1. The molecule has 2 aromatic rings. The molecule has 0 radical (unpaired) electrons. The van der Waals surface area contributed by atoms with Gasteiger partial charge >= 0.3 is 0 Å². The van der Waals surface area contributed by atoms with E-state index in [1.807, 2.05) is 5.51 Å². The van der Waals surface area contributed by atoms with Crippen molar-refractivity contribution in [1.29, 1.82) is 0 Å². The van der Waals surface area contributed by atoms with E-state index in [1.54, 1.807) is 11.3 Å². The zero-order valence-corrected chi connectivity index (χ0v) is 12.7. The Balaban J connectivity index is 1.58. The molecule has 0 spiro atoms. The van der Waals surface area contributed by atoms with Crippen LogP contribution >= 0.6 is 11.3 Å². The molecular weight excluding hydrogens is 266 g/mol. The maximum Gasteiger partial charge on any atom is 0.0795 e.